The molecule has 0 aliphatic heterocycles. The lowest BCUT2D eigenvalue weighted by atomic mass is 10.0. The molecule has 1 N–H and O–H groups in total. The summed E-state index contributed by atoms with van der Waals surface area (Å²) in [4.78, 5) is 16.8. The Kier molecular flexibility index (Phi) is 8.37. The van der Waals surface area contributed by atoms with E-state index in [4.69, 9.17) is 4.74 Å². The lowest BCUT2D eigenvalue weighted by Gasteiger charge is -2.10. The molecule has 0 aliphatic rings. The van der Waals surface area contributed by atoms with Crippen molar-refractivity contribution in [2.75, 3.05) is 6.61 Å². The van der Waals surface area contributed by atoms with Gasteiger partial charge in [0.15, 0.2) is 0 Å². The Labute approximate surface area is 189 Å². The molecule has 1 heterocycles. The van der Waals surface area contributed by atoms with Gasteiger partial charge in [0.2, 0.25) is 5.91 Å². The number of carbonyl (C=O) groups is 1. The standard InChI is InChI=1S/C27H31FN2O2/c1-4-32-26-11-8-22(9-12-26)23-7-10-25(29-18-23)16-27(31)30-17-21-13-20(6-5-19(2)3)14-24(28)15-21/h7-15,18-19H,4-6,16-17H2,1-3H3,(H,30,31). The average molecular weight is 435 g/mol. The molecule has 0 saturated heterocycles. The van der Waals surface area contributed by atoms with Crippen molar-refractivity contribution in [3.05, 3.63) is 83.4 Å². The number of rotatable bonds is 10. The van der Waals surface area contributed by atoms with E-state index in [-0.39, 0.29) is 18.1 Å². The van der Waals surface area contributed by atoms with Gasteiger partial charge in [0.1, 0.15) is 11.6 Å². The van der Waals surface area contributed by atoms with Crippen LogP contribution in [0.25, 0.3) is 11.1 Å². The number of benzene rings is 2. The summed E-state index contributed by atoms with van der Waals surface area (Å²) in [6, 6.07) is 16.7. The first-order chi connectivity index (χ1) is 15.4. The number of amides is 1. The van der Waals surface area contributed by atoms with Crippen LogP contribution in [0, 0.1) is 11.7 Å². The topological polar surface area (TPSA) is 51.2 Å². The SMILES string of the molecule is CCOc1ccc(-c2ccc(CC(=O)NCc3cc(F)cc(CCC(C)C)c3)nc2)cc1. The highest BCUT2D eigenvalue weighted by Crippen LogP contribution is 2.22. The zero-order chi connectivity index (χ0) is 22.9. The van der Waals surface area contributed by atoms with Gasteiger partial charge in [0, 0.05) is 24.0 Å². The third kappa shape index (κ3) is 7.19. The normalized spacial score (nSPS) is 10.9. The minimum atomic E-state index is -0.262. The zero-order valence-electron chi connectivity index (χ0n) is 19.0. The maximum Gasteiger partial charge on any atom is 0.226 e. The van der Waals surface area contributed by atoms with Gasteiger partial charge in [0.05, 0.1) is 13.0 Å². The first kappa shape index (κ1) is 23.5. The van der Waals surface area contributed by atoms with Crippen LogP contribution in [0.3, 0.4) is 0 Å². The van der Waals surface area contributed by atoms with E-state index in [0.717, 1.165) is 40.8 Å². The van der Waals surface area contributed by atoms with Gasteiger partial charge < -0.3 is 10.1 Å². The maximum absolute atomic E-state index is 13.9. The molecule has 3 rings (SSSR count). The van der Waals surface area contributed by atoms with Gasteiger partial charge in [-0.2, -0.15) is 0 Å². The summed E-state index contributed by atoms with van der Waals surface area (Å²) in [7, 11) is 0. The van der Waals surface area contributed by atoms with E-state index in [9.17, 15) is 9.18 Å². The molecule has 0 fully saturated rings. The molecule has 0 saturated carbocycles. The number of nitrogens with one attached hydrogen (secondary N) is 1. The third-order valence-electron chi connectivity index (χ3n) is 5.18. The van der Waals surface area contributed by atoms with Crippen LogP contribution in [0.2, 0.25) is 0 Å². The number of hydrogen-bond donors (Lipinski definition) is 1. The molecule has 1 aromatic heterocycles. The molecule has 0 bridgehead atoms. The quantitative estimate of drug-likeness (QED) is 0.443. The third-order valence-corrected chi connectivity index (χ3v) is 5.18. The predicted molar refractivity (Wildman–Crippen MR) is 126 cm³/mol. The van der Waals surface area contributed by atoms with E-state index in [1.165, 1.54) is 6.07 Å². The molecular weight excluding hydrogens is 403 g/mol. The maximum atomic E-state index is 13.9. The molecule has 1 amide bonds. The Morgan fingerprint density at radius 1 is 1.03 bits per heavy atom. The predicted octanol–water partition coefficient (Wildman–Crippen LogP) is 5.73. The number of nitrogens with zero attached hydrogens (tertiary/aromatic N) is 1. The summed E-state index contributed by atoms with van der Waals surface area (Å²) in [5.41, 5.74) is 4.45. The van der Waals surface area contributed by atoms with Gasteiger partial charge in [0.25, 0.3) is 0 Å². The van der Waals surface area contributed by atoms with Gasteiger partial charge in [-0.15, -0.1) is 0 Å². The Morgan fingerprint density at radius 2 is 1.75 bits per heavy atom. The van der Waals surface area contributed by atoms with Gasteiger partial charge in [-0.1, -0.05) is 38.1 Å². The minimum Gasteiger partial charge on any atom is -0.494 e. The van der Waals surface area contributed by atoms with Crippen LogP contribution >= 0.6 is 0 Å². The number of ether oxygens (including phenoxy) is 1. The van der Waals surface area contributed by atoms with Crippen molar-refractivity contribution < 1.29 is 13.9 Å². The van der Waals surface area contributed by atoms with Crippen LogP contribution in [0.4, 0.5) is 4.39 Å². The van der Waals surface area contributed by atoms with Crippen LogP contribution < -0.4 is 10.1 Å². The first-order valence-corrected chi connectivity index (χ1v) is 11.2. The largest absolute Gasteiger partial charge is 0.494 e. The molecular formula is C27H31FN2O2. The van der Waals surface area contributed by atoms with Crippen molar-refractivity contribution in [2.24, 2.45) is 5.92 Å². The number of aryl methyl sites for hydroxylation is 1. The Balaban J connectivity index is 1.54. The van der Waals surface area contributed by atoms with E-state index in [1.54, 1.807) is 12.3 Å². The fraction of sp³-hybridized carbons (Fsp3) is 0.333. The number of hydrogen-bond acceptors (Lipinski definition) is 3. The molecule has 168 valence electrons. The molecule has 0 radical (unpaired) electrons. The zero-order valence-corrected chi connectivity index (χ0v) is 19.0. The van der Waals surface area contributed by atoms with Crippen LogP contribution in [-0.2, 0) is 24.2 Å². The molecule has 4 nitrogen and oxygen atoms in total. The van der Waals surface area contributed by atoms with Crippen molar-refractivity contribution in [1.29, 1.82) is 0 Å². The highest BCUT2D eigenvalue weighted by atomic mass is 19.1. The molecule has 0 unspecified atom stereocenters. The number of halogens is 1. The van der Waals surface area contributed by atoms with Crippen LogP contribution in [0.5, 0.6) is 5.75 Å². The summed E-state index contributed by atoms with van der Waals surface area (Å²) in [6.45, 7) is 7.19. The van der Waals surface area contributed by atoms with Crippen LogP contribution in [0.15, 0.2) is 60.8 Å². The second-order valence-electron chi connectivity index (χ2n) is 8.35. The number of aromatic nitrogens is 1. The number of pyridine rings is 1. The van der Waals surface area contributed by atoms with E-state index >= 15 is 0 Å². The summed E-state index contributed by atoms with van der Waals surface area (Å²) >= 11 is 0. The Bertz CT molecular complexity index is 1010. The second kappa shape index (κ2) is 11.4. The minimum absolute atomic E-state index is 0.140. The molecule has 5 heteroatoms. The lowest BCUT2D eigenvalue weighted by molar-refractivity contribution is -0.120. The monoisotopic (exact) mass is 434 g/mol. The average Bonchev–Trinajstić information content (AvgIpc) is 2.77. The van der Waals surface area contributed by atoms with Gasteiger partial charge in [-0.05, 0) is 72.7 Å². The highest BCUT2D eigenvalue weighted by Gasteiger charge is 2.08. The van der Waals surface area contributed by atoms with Crippen molar-refractivity contribution >= 4 is 5.91 Å². The van der Waals surface area contributed by atoms with E-state index in [2.05, 4.69) is 24.1 Å². The van der Waals surface area contributed by atoms with Gasteiger partial charge >= 0.3 is 0 Å². The fourth-order valence-electron chi connectivity index (χ4n) is 3.46. The summed E-state index contributed by atoms with van der Waals surface area (Å²) in [5, 5.41) is 2.87. The van der Waals surface area contributed by atoms with E-state index in [1.807, 2.05) is 49.4 Å². The molecule has 0 atom stereocenters. The van der Waals surface area contributed by atoms with Crippen molar-refractivity contribution in [3.8, 4) is 16.9 Å². The van der Waals surface area contributed by atoms with Crippen molar-refractivity contribution in [3.63, 3.8) is 0 Å². The Hall–Kier alpha value is -3.21. The second-order valence-corrected chi connectivity index (χ2v) is 8.35. The lowest BCUT2D eigenvalue weighted by Crippen LogP contribution is -2.25. The van der Waals surface area contributed by atoms with Gasteiger partial charge in [-0.25, -0.2) is 4.39 Å². The summed E-state index contributed by atoms with van der Waals surface area (Å²) < 4.78 is 19.4. The first-order valence-electron chi connectivity index (χ1n) is 11.2. The van der Waals surface area contributed by atoms with Crippen LogP contribution in [0.1, 0.15) is 44.0 Å². The summed E-state index contributed by atoms with van der Waals surface area (Å²) in [6.07, 6.45) is 3.79. The summed E-state index contributed by atoms with van der Waals surface area (Å²) in [5.74, 6) is 0.999. The van der Waals surface area contributed by atoms with Crippen LogP contribution in [-0.4, -0.2) is 17.5 Å². The highest BCUT2D eigenvalue weighted by molar-refractivity contribution is 5.78. The molecule has 0 aliphatic carbocycles. The van der Waals surface area contributed by atoms with Crippen molar-refractivity contribution in [1.82, 2.24) is 10.3 Å². The Morgan fingerprint density at radius 3 is 2.41 bits per heavy atom. The molecule has 32 heavy (non-hydrogen) atoms. The molecule has 3 aromatic rings. The van der Waals surface area contributed by atoms with Crippen molar-refractivity contribution in [2.45, 2.75) is 46.6 Å². The fourth-order valence-corrected chi connectivity index (χ4v) is 3.46. The van der Waals surface area contributed by atoms with Gasteiger partial charge in [-0.3, -0.25) is 9.78 Å². The van der Waals surface area contributed by atoms with E-state index < -0.39 is 0 Å². The smallest absolute Gasteiger partial charge is 0.226 e. The number of carbonyl (C=O) groups excluding carboxylic acids is 1. The molecule has 2 aromatic carbocycles. The molecule has 0 spiro atoms. The van der Waals surface area contributed by atoms with E-state index in [0.29, 0.717) is 24.8 Å².